The number of carboxylic acids is 1. The number of hydrogen-bond acceptors (Lipinski definition) is 2. The second kappa shape index (κ2) is 6.53. The largest absolute Gasteiger partial charge is 0.480 e. The van der Waals surface area contributed by atoms with Crippen molar-refractivity contribution in [1.29, 1.82) is 0 Å². The first-order valence-corrected chi connectivity index (χ1v) is 7.60. The molecule has 104 valence electrons. The van der Waals surface area contributed by atoms with Crippen molar-refractivity contribution in [2.24, 2.45) is 0 Å². The molecule has 1 saturated heterocycles. The molecule has 0 saturated carbocycles. The number of nitrogens with zero attached hydrogens (tertiary/aromatic N) is 1. The normalized spacial score (nSPS) is 22.1. The fraction of sp³-hybridized carbons (Fsp3) is 0.533. The fourth-order valence-electron chi connectivity index (χ4n) is 2.83. The molecule has 1 fully saturated rings. The number of benzene rings is 1. The van der Waals surface area contributed by atoms with Gasteiger partial charge in [0.1, 0.15) is 6.04 Å². The molecule has 19 heavy (non-hydrogen) atoms. The van der Waals surface area contributed by atoms with Crippen molar-refractivity contribution in [3.63, 3.8) is 0 Å². The van der Waals surface area contributed by atoms with Crippen molar-refractivity contribution in [3.05, 3.63) is 34.3 Å². The van der Waals surface area contributed by atoms with Crippen LogP contribution < -0.4 is 0 Å². The molecule has 0 radical (unpaired) electrons. The molecule has 3 nitrogen and oxygen atoms in total. The number of carbonyl (C=O) groups is 1. The lowest BCUT2D eigenvalue weighted by molar-refractivity contribution is -0.145. The van der Waals surface area contributed by atoms with E-state index in [1.54, 1.807) is 0 Å². The lowest BCUT2D eigenvalue weighted by Crippen LogP contribution is -2.49. The Morgan fingerprint density at radius 3 is 2.74 bits per heavy atom. The molecule has 0 aliphatic carbocycles. The molecule has 2 rings (SSSR count). The molecule has 1 heterocycles. The first-order valence-electron chi connectivity index (χ1n) is 6.81. The van der Waals surface area contributed by atoms with Crippen molar-refractivity contribution in [1.82, 2.24) is 4.90 Å². The van der Waals surface area contributed by atoms with Crippen molar-refractivity contribution in [3.8, 4) is 0 Å². The fourth-order valence-corrected chi connectivity index (χ4v) is 3.09. The van der Waals surface area contributed by atoms with Gasteiger partial charge in [-0.1, -0.05) is 34.5 Å². The predicted octanol–water partition coefficient (Wildman–Crippen LogP) is 3.32. The average molecular weight is 326 g/mol. The van der Waals surface area contributed by atoms with E-state index >= 15 is 0 Å². The molecule has 1 aromatic carbocycles. The first-order chi connectivity index (χ1) is 9.08. The summed E-state index contributed by atoms with van der Waals surface area (Å²) in [5, 5.41) is 9.31. The molecule has 1 aliphatic heterocycles. The Morgan fingerprint density at radius 2 is 2.11 bits per heavy atom. The van der Waals surface area contributed by atoms with Crippen LogP contribution in [0.2, 0.25) is 0 Å². The van der Waals surface area contributed by atoms with Gasteiger partial charge in [0, 0.05) is 10.5 Å². The molecule has 0 bridgehead atoms. The molecule has 1 aromatic rings. The number of piperidine rings is 1. The van der Waals surface area contributed by atoms with Gasteiger partial charge >= 0.3 is 5.97 Å². The third kappa shape index (κ3) is 3.80. The lowest BCUT2D eigenvalue weighted by Gasteiger charge is -2.37. The van der Waals surface area contributed by atoms with E-state index in [4.69, 9.17) is 0 Å². The van der Waals surface area contributed by atoms with Crippen LogP contribution in [0.3, 0.4) is 0 Å². The summed E-state index contributed by atoms with van der Waals surface area (Å²) in [6, 6.07) is 8.22. The summed E-state index contributed by atoms with van der Waals surface area (Å²) < 4.78 is 1.07. The Labute approximate surface area is 122 Å². The maximum Gasteiger partial charge on any atom is 0.320 e. The van der Waals surface area contributed by atoms with Crippen molar-refractivity contribution >= 4 is 21.9 Å². The van der Waals surface area contributed by atoms with Gasteiger partial charge in [0.05, 0.1) is 0 Å². The number of aliphatic carboxylic acids is 1. The van der Waals surface area contributed by atoms with Crippen LogP contribution in [0.4, 0.5) is 0 Å². The molecule has 1 aliphatic rings. The molecular formula is C15H20BrNO2. The van der Waals surface area contributed by atoms with E-state index in [-0.39, 0.29) is 12.1 Å². The zero-order valence-electron chi connectivity index (χ0n) is 11.2. The van der Waals surface area contributed by atoms with Gasteiger partial charge in [0.25, 0.3) is 0 Å². The van der Waals surface area contributed by atoms with Crippen LogP contribution in [0, 0.1) is 0 Å². The van der Waals surface area contributed by atoms with Gasteiger partial charge in [0.15, 0.2) is 0 Å². The Bertz CT molecular complexity index is 432. The summed E-state index contributed by atoms with van der Waals surface area (Å²) in [5.74, 6) is -0.678. The highest BCUT2D eigenvalue weighted by atomic mass is 79.9. The maximum atomic E-state index is 11.3. The highest BCUT2D eigenvalue weighted by Crippen LogP contribution is 2.22. The molecule has 0 spiro atoms. The number of carboxylic acid groups (broad SMARTS) is 1. The van der Waals surface area contributed by atoms with Crippen LogP contribution in [0.5, 0.6) is 0 Å². The highest BCUT2D eigenvalue weighted by molar-refractivity contribution is 9.10. The minimum absolute atomic E-state index is 0.266. The van der Waals surface area contributed by atoms with Gasteiger partial charge in [-0.2, -0.15) is 0 Å². The highest BCUT2D eigenvalue weighted by Gasteiger charge is 2.31. The van der Waals surface area contributed by atoms with E-state index in [1.807, 2.05) is 12.1 Å². The van der Waals surface area contributed by atoms with Crippen molar-refractivity contribution < 1.29 is 9.90 Å². The van der Waals surface area contributed by atoms with E-state index in [0.717, 1.165) is 36.7 Å². The van der Waals surface area contributed by atoms with E-state index in [0.29, 0.717) is 0 Å². The number of rotatable bonds is 4. The number of halogens is 1. The second-order valence-electron chi connectivity index (χ2n) is 5.27. The minimum atomic E-state index is -0.678. The Morgan fingerprint density at radius 1 is 1.42 bits per heavy atom. The maximum absolute atomic E-state index is 11.3. The second-order valence-corrected chi connectivity index (χ2v) is 6.18. The van der Waals surface area contributed by atoms with E-state index in [9.17, 15) is 9.90 Å². The molecule has 0 amide bonds. The molecular weight excluding hydrogens is 306 g/mol. The summed E-state index contributed by atoms with van der Waals surface area (Å²) in [6.45, 7) is 3.03. The van der Waals surface area contributed by atoms with E-state index < -0.39 is 5.97 Å². The van der Waals surface area contributed by atoms with Crippen LogP contribution in [-0.4, -0.2) is 34.6 Å². The smallest absolute Gasteiger partial charge is 0.320 e. The summed E-state index contributed by atoms with van der Waals surface area (Å²) >= 11 is 3.43. The van der Waals surface area contributed by atoms with Crippen LogP contribution >= 0.6 is 15.9 Å². The SMILES string of the molecule is CC(Cc1ccc(Br)cc1)N1CCCCC1C(=O)O. The summed E-state index contributed by atoms with van der Waals surface area (Å²) in [7, 11) is 0. The third-order valence-corrected chi connectivity index (χ3v) is 4.37. The zero-order chi connectivity index (χ0) is 13.8. The first kappa shape index (κ1) is 14.5. The van der Waals surface area contributed by atoms with Gasteiger partial charge in [0.2, 0.25) is 0 Å². The quantitative estimate of drug-likeness (QED) is 0.923. The topological polar surface area (TPSA) is 40.5 Å². The van der Waals surface area contributed by atoms with Crippen LogP contribution in [0.15, 0.2) is 28.7 Å². The third-order valence-electron chi connectivity index (χ3n) is 3.84. The monoisotopic (exact) mass is 325 g/mol. The summed E-state index contributed by atoms with van der Waals surface area (Å²) in [5.41, 5.74) is 1.26. The van der Waals surface area contributed by atoms with Gasteiger partial charge < -0.3 is 5.11 Å². The van der Waals surface area contributed by atoms with Crippen molar-refractivity contribution in [2.45, 2.75) is 44.7 Å². The predicted molar refractivity (Wildman–Crippen MR) is 79.3 cm³/mol. The van der Waals surface area contributed by atoms with Gasteiger partial charge in [-0.25, -0.2) is 0 Å². The van der Waals surface area contributed by atoms with Crippen LogP contribution in [-0.2, 0) is 11.2 Å². The summed E-state index contributed by atoms with van der Waals surface area (Å²) in [6.07, 6.45) is 3.81. The Kier molecular flexibility index (Phi) is 4.99. The molecule has 2 atom stereocenters. The summed E-state index contributed by atoms with van der Waals surface area (Å²) in [4.78, 5) is 13.5. The zero-order valence-corrected chi connectivity index (χ0v) is 12.8. The molecule has 1 N–H and O–H groups in total. The van der Waals surface area contributed by atoms with E-state index in [1.165, 1.54) is 5.56 Å². The number of hydrogen-bond donors (Lipinski definition) is 1. The van der Waals surface area contributed by atoms with E-state index in [2.05, 4.69) is 39.9 Å². The van der Waals surface area contributed by atoms with Gasteiger partial charge in [-0.15, -0.1) is 0 Å². The van der Waals surface area contributed by atoms with Crippen LogP contribution in [0.1, 0.15) is 31.7 Å². The van der Waals surface area contributed by atoms with Crippen LogP contribution in [0.25, 0.3) is 0 Å². The Balaban J connectivity index is 2.03. The average Bonchev–Trinajstić information content (AvgIpc) is 2.41. The lowest BCUT2D eigenvalue weighted by atomic mass is 9.97. The van der Waals surface area contributed by atoms with Crippen molar-refractivity contribution in [2.75, 3.05) is 6.54 Å². The standard InChI is InChI=1S/C15H20BrNO2/c1-11(10-12-5-7-13(16)8-6-12)17-9-3-2-4-14(17)15(18)19/h5-8,11,14H,2-4,9-10H2,1H3,(H,18,19). The van der Waals surface area contributed by atoms with Gasteiger partial charge in [-0.05, 0) is 50.4 Å². The van der Waals surface area contributed by atoms with Gasteiger partial charge in [-0.3, -0.25) is 9.69 Å². The Hall–Kier alpha value is -0.870. The minimum Gasteiger partial charge on any atom is -0.480 e. The molecule has 0 aromatic heterocycles. The molecule has 2 unspecified atom stereocenters. The molecule has 4 heteroatoms. The number of likely N-dealkylation sites (tertiary alicyclic amines) is 1.